The molecule has 9 heteroatoms. The fraction of sp³-hybridized carbons (Fsp3) is 0.286. The van der Waals surface area contributed by atoms with E-state index in [2.05, 4.69) is 20.0 Å². The fourth-order valence-corrected chi connectivity index (χ4v) is 6.19. The largest absolute Gasteiger partial charge is 0.394 e. The molecule has 1 aliphatic rings. The van der Waals surface area contributed by atoms with E-state index in [1.54, 1.807) is 18.2 Å². The van der Waals surface area contributed by atoms with Gasteiger partial charge in [-0.1, -0.05) is 60.7 Å². The molecule has 3 aromatic carbocycles. The zero-order valence-corrected chi connectivity index (χ0v) is 21.1. The summed E-state index contributed by atoms with van der Waals surface area (Å²) in [5, 5.41) is 12.7. The zero-order valence-electron chi connectivity index (χ0n) is 20.3. The molecule has 1 amide bonds. The number of aliphatic hydroxyl groups excluding tert-OH is 1. The highest BCUT2D eigenvalue weighted by atomic mass is 32.2. The molecule has 0 saturated heterocycles. The number of benzene rings is 3. The summed E-state index contributed by atoms with van der Waals surface area (Å²) in [4.78, 5) is 20.8. The van der Waals surface area contributed by atoms with Gasteiger partial charge in [-0.05, 0) is 49.4 Å². The summed E-state index contributed by atoms with van der Waals surface area (Å²) in [6.07, 6.45) is 2.28. The minimum Gasteiger partial charge on any atom is -0.394 e. The van der Waals surface area contributed by atoms with Gasteiger partial charge in [-0.15, -0.1) is 0 Å². The SMILES string of the molecule is O=C(N[C@H](CO)c1ccccc1)C1CCC(NS(=O)(=O)c2ccc3nc(-c4ccccc4)[nH]c3c2)CC1. The number of carbonyl (C=O) groups is 1. The van der Waals surface area contributed by atoms with Crippen LogP contribution in [0.25, 0.3) is 22.4 Å². The topological polar surface area (TPSA) is 124 Å². The average Bonchev–Trinajstić information content (AvgIpc) is 3.36. The lowest BCUT2D eigenvalue weighted by Crippen LogP contribution is -2.42. The number of amides is 1. The number of aromatic amines is 1. The minimum atomic E-state index is -3.73. The molecule has 4 aromatic rings. The van der Waals surface area contributed by atoms with E-state index in [9.17, 15) is 18.3 Å². The number of carbonyl (C=O) groups excluding carboxylic acids is 1. The second kappa shape index (κ2) is 10.8. The number of fused-ring (bicyclic) bond motifs is 1. The lowest BCUT2D eigenvalue weighted by molar-refractivity contribution is -0.127. The van der Waals surface area contributed by atoms with Crippen LogP contribution in [0.3, 0.4) is 0 Å². The average molecular weight is 519 g/mol. The van der Waals surface area contributed by atoms with Gasteiger partial charge in [0.2, 0.25) is 15.9 Å². The zero-order chi connectivity index (χ0) is 25.8. The third-order valence-electron chi connectivity index (χ3n) is 6.93. The molecule has 0 unspecified atom stereocenters. The Morgan fingerprint density at radius 1 is 0.973 bits per heavy atom. The van der Waals surface area contributed by atoms with Crippen LogP contribution < -0.4 is 10.0 Å². The van der Waals surface area contributed by atoms with Crippen LogP contribution in [0.2, 0.25) is 0 Å². The van der Waals surface area contributed by atoms with Gasteiger partial charge in [0.25, 0.3) is 0 Å². The predicted octanol–water partition coefficient (Wildman–Crippen LogP) is 3.92. The highest BCUT2D eigenvalue weighted by Crippen LogP contribution is 2.28. The van der Waals surface area contributed by atoms with Gasteiger partial charge in [0.1, 0.15) is 5.82 Å². The predicted molar refractivity (Wildman–Crippen MR) is 142 cm³/mol. The molecule has 0 spiro atoms. The number of nitrogens with zero attached hydrogens (tertiary/aromatic N) is 1. The Morgan fingerprint density at radius 2 is 1.65 bits per heavy atom. The molecular formula is C28H30N4O4S. The summed E-state index contributed by atoms with van der Waals surface area (Å²) < 4.78 is 29.1. The van der Waals surface area contributed by atoms with Gasteiger partial charge >= 0.3 is 0 Å². The lowest BCUT2D eigenvalue weighted by Gasteiger charge is -2.29. The van der Waals surface area contributed by atoms with Gasteiger partial charge in [-0.25, -0.2) is 18.1 Å². The van der Waals surface area contributed by atoms with Crippen LogP contribution in [-0.2, 0) is 14.8 Å². The maximum atomic E-state index is 13.1. The van der Waals surface area contributed by atoms with Crippen LogP contribution in [0.15, 0.2) is 83.8 Å². The molecule has 1 aliphatic carbocycles. The van der Waals surface area contributed by atoms with E-state index in [1.165, 1.54) is 0 Å². The molecule has 1 heterocycles. The highest BCUT2D eigenvalue weighted by Gasteiger charge is 2.30. The molecule has 8 nitrogen and oxygen atoms in total. The fourth-order valence-electron chi connectivity index (χ4n) is 4.86. The van der Waals surface area contributed by atoms with E-state index in [0.717, 1.165) is 11.1 Å². The van der Waals surface area contributed by atoms with Crippen molar-refractivity contribution in [2.75, 3.05) is 6.61 Å². The Hall–Kier alpha value is -3.53. The van der Waals surface area contributed by atoms with E-state index in [-0.39, 0.29) is 29.4 Å². The van der Waals surface area contributed by atoms with Gasteiger partial charge in [0, 0.05) is 17.5 Å². The first-order valence-corrected chi connectivity index (χ1v) is 13.9. The Bertz CT molecular complexity index is 1460. The molecule has 192 valence electrons. The van der Waals surface area contributed by atoms with Gasteiger partial charge in [0.05, 0.1) is 28.6 Å². The molecule has 1 saturated carbocycles. The summed E-state index contributed by atoms with van der Waals surface area (Å²) in [5.41, 5.74) is 3.13. The van der Waals surface area contributed by atoms with Crippen LogP contribution in [0, 0.1) is 5.92 Å². The molecule has 4 N–H and O–H groups in total. The van der Waals surface area contributed by atoms with E-state index in [4.69, 9.17) is 0 Å². The number of imidazole rings is 1. The van der Waals surface area contributed by atoms with Gasteiger partial charge in [-0.2, -0.15) is 0 Å². The quantitative estimate of drug-likeness (QED) is 0.282. The lowest BCUT2D eigenvalue weighted by atomic mass is 9.85. The van der Waals surface area contributed by atoms with Gasteiger partial charge in [-0.3, -0.25) is 4.79 Å². The van der Waals surface area contributed by atoms with Crippen molar-refractivity contribution >= 4 is 27.0 Å². The first kappa shape index (κ1) is 25.1. The van der Waals surface area contributed by atoms with Crippen molar-refractivity contribution in [3.8, 4) is 11.4 Å². The Kier molecular flexibility index (Phi) is 7.36. The second-order valence-electron chi connectivity index (χ2n) is 9.45. The number of nitrogens with one attached hydrogen (secondary N) is 3. The van der Waals surface area contributed by atoms with Gasteiger partial charge < -0.3 is 15.4 Å². The van der Waals surface area contributed by atoms with Crippen molar-refractivity contribution in [3.63, 3.8) is 0 Å². The van der Waals surface area contributed by atoms with Crippen LogP contribution in [-0.4, -0.2) is 42.0 Å². The van der Waals surface area contributed by atoms with E-state index < -0.39 is 16.1 Å². The Labute approximate surface area is 216 Å². The van der Waals surface area contributed by atoms with Crippen LogP contribution in [0.4, 0.5) is 0 Å². The van der Waals surface area contributed by atoms with Crippen LogP contribution >= 0.6 is 0 Å². The summed E-state index contributed by atoms with van der Waals surface area (Å²) in [5.74, 6) is 0.366. The molecule has 0 bridgehead atoms. The number of hydrogen-bond acceptors (Lipinski definition) is 5. The number of aromatic nitrogens is 2. The number of H-pyrrole nitrogens is 1. The Morgan fingerprint density at radius 3 is 2.32 bits per heavy atom. The summed E-state index contributed by atoms with van der Waals surface area (Å²) in [7, 11) is -3.73. The first-order chi connectivity index (χ1) is 17.9. The first-order valence-electron chi connectivity index (χ1n) is 12.5. The third-order valence-corrected chi connectivity index (χ3v) is 8.45. The molecule has 37 heavy (non-hydrogen) atoms. The highest BCUT2D eigenvalue weighted by molar-refractivity contribution is 7.89. The summed E-state index contributed by atoms with van der Waals surface area (Å²) in [6.45, 7) is -0.182. The summed E-state index contributed by atoms with van der Waals surface area (Å²) >= 11 is 0. The smallest absolute Gasteiger partial charge is 0.240 e. The molecule has 1 fully saturated rings. The van der Waals surface area contributed by atoms with Crippen molar-refractivity contribution < 1.29 is 18.3 Å². The van der Waals surface area contributed by atoms with Crippen molar-refractivity contribution in [2.24, 2.45) is 5.92 Å². The standard InChI is InChI=1S/C28H30N4O4S/c33-18-26(19-7-3-1-4-8-19)31-28(34)21-11-13-22(14-12-21)32-37(35,36)23-15-16-24-25(17-23)30-27(29-24)20-9-5-2-6-10-20/h1-10,15-17,21-22,26,32-33H,11-14,18H2,(H,29,30)(H,31,34)/t21?,22?,26-/m1/s1. The summed E-state index contributed by atoms with van der Waals surface area (Å²) in [6, 6.07) is 23.2. The maximum absolute atomic E-state index is 13.1. The van der Waals surface area contributed by atoms with Crippen molar-refractivity contribution in [2.45, 2.75) is 42.7 Å². The van der Waals surface area contributed by atoms with Crippen LogP contribution in [0.1, 0.15) is 37.3 Å². The number of rotatable bonds is 8. The van der Waals surface area contributed by atoms with Crippen LogP contribution in [0.5, 0.6) is 0 Å². The maximum Gasteiger partial charge on any atom is 0.240 e. The second-order valence-corrected chi connectivity index (χ2v) is 11.2. The Balaban J connectivity index is 1.20. The van der Waals surface area contributed by atoms with Crippen molar-refractivity contribution in [3.05, 3.63) is 84.4 Å². The molecule has 0 radical (unpaired) electrons. The van der Waals surface area contributed by atoms with E-state index in [1.807, 2.05) is 60.7 Å². The van der Waals surface area contributed by atoms with E-state index in [0.29, 0.717) is 42.5 Å². The number of aliphatic hydroxyl groups is 1. The molecular weight excluding hydrogens is 488 g/mol. The van der Waals surface area contributed by atoms with Gasteiger partial charge in [0.15, 0.2) is 0 Å². The molecule has 0 aliphatic heterocycles. The molecule has 5 rings (SSSR count). The van der Waals surface area contributed by atoms with Crippen molar-refractivity contribution in [1.82, 2.24) is 20.0 Å². The minimum absolute atomic E-state index is 0.108. The third kappa shape index (κ3) is 5.74. The number of hydrogen-bond donors (Lipinski definition) is 4. The van der Waals surface area contributed by atoms with Crippen molar-refractivity contribution in [1.29, 1.82) is 0 Å². The number of sulfonamides is 1. The van der Waals surface area contributed by atoms with E-state index >= 15 is 0 Å². The molecule has 1 aromatic heterocycles. The monoisotopic (exact) mass is 518 g/mol. The normalized spacial score (nSPS) is 18.9. The molecule has 1 atom stereocenters.